The predicted octanol–water partition coefficient (Wildman–Crippen LogP) is 10.4. The summed E-state index contributed by atoms with van der Waals surface area (Å²) >= 11 is 13.0. The van der Waals surface area contributed by atoms with E-state index in [2.05, 4.69) is 51.9 Å². The molecule has 124 heavy (non-hydrogen) atoms. The van der Waals surface area contributed by atoms with Crippen molar-refractivity contribution < 1.29 is 114 Å². The first-order valence-electron chi connectivity index (χ1n) is 42.3. The van der Waals surface area contributed by atoms with E-state index >= 15 is 0 Å². The average Bonchev–Trinajstić information content (AvgIpc) is 1.78. The van der Waals surface area contributed by atoms with Gasteiger partial charge in [0.05, 0.1) is 55.3 Å². The van der Waals surface area contributed by atoms with Crippen LogP contribution in [0.15, 0.2) is 182 Å². The first-order valence-corrected chi connectivity index (χ1v) is 43.1. The molecule has 0 amide bonds. The molecule has 9 aliphatic rings. The number of nitrogens with zero attached hydrogens (tertiary/aromatic N) is 1. The molecule has 1 saturated carbocycles. The van der Waals surface area contributed by atoms with Crippen LogP contribution in [0, 0.1) is 0 Å². The van der Waals surface area contributed by atoms with Gasteiger partial charge in [-0.15, -0.1) is 0 Å². The Morgan fingerprint density at radius 1 is 0.395 bits per heavy atom. The molecule has 10 aromatic rings. The van der Waals surface area contributed by atoms with E-state index in [1.165, 1.54) is 41.5 Å². The molecule has 9 heterocycles. The van der Waals surface area contributed by atoms with E-state index in [4.69, 9.17) is 65.8 Å². The Hall–Kier alpha value is -9.15. The zero-order chi connectivity index (χ0) is 86.7. The van der Waals surface area contributed by atoms with Gasteiger partial charge in [0.25, 0.3) is 0 Å². The lowest BCUT2D eigenvalue weighted by atomic mass is 9.76. The van der Waals surface area contributed by atoms with Crippen LogP contribution < -0.4 is 29.0 Å². The number of hydrogen-bond donors (Lipinski definition) is 16. The van der Waals surface area contributed by atoms with Gasteiger partial charge in [-0.25, -0.2) is 0 Å². The number of rotatable bonds is 16. The highest BCUT2D eigenvalue weighted by Crippen LogP contribution is 2.47. The molecular formula is C96H105Cl2N3O23. The fourth-order valence-electron chi connectivity index (χ4n) is 17.6. The summed E-state index contributed by atoms with van der Waals surface area (Å²) in [5.41, 5.74) is 18.4. The van der Waals surface area contributed by atoms with Crippen molar-refractivity contribution in [2.45, 2.75) is 213 Å². The Bertz CT molecular complexity index is 5360. The van der Waals surface area contributed by atoms with Crippen LogP contribution >= 0.6 is 23.2 Å². The normalized spacial score (nSPS) is 28.2. The summed E-state index contributed by atoms with van der Waals surface area (Å²) in [5.74, 6) is 5.36. The van der Waals surface area contributed by atoms with Gasteiger partial charge in [-0.1, -0.05) is 146 Å². The van der Waals surface area contributed by atoms with Crippen molar-refractivity contribution in [1.82, 2.24) is 10.2 Å². The van der Waals surface area contributed by atoms with Gasteiger partial charge in [0, 0.05) is 21.2 Å². The maximum Gasteiger partial charge on any atom is 0.161 e. The number of H-pyrrole nitrogens is 1. The van der Waals surface area contributed by atoms with E-state index in [-0.39, 0.29) is 0 Å². The van der Waals surface area contributed by atoms with Crippen molar-refractivity contribution in [1.29, 1.82) is 0 Å². The lowest BCUT2D eigenvalue weighted by Gasteiger charge is -2.40. The SMILES string of the molecule is CC[C@H]1O[C@@H](c2ccc(Cl)c(Cc3ccc4c(c3)-c3[nH]ncc3CO4)c2)[C@H](O)[C@@H](O)[C@@H]1O.C[C@H]1O[C@@H](c2ccc(Cl)c(Cc3ccc4c(c3)Nc3ccccc3O4)c2)[C@H](O)[C@@H](O)[C@@H]1O.OC[C@H]1O[C@@H](c2ccc(C3CCC3)c(Cc3ccc4c(c3)CCCO4)c2)[C@H](O)[C@@H](O)[C@@H]1O.OC[C@H]1O[C@@H](c2cccc(Cc3ccc4c(c3)OCCO4)c2)[C@H](O)[C@@H](O)[C@@H]1O. The lowest BCUT2D eigenvalue weighted by molar-refractivity contribution is -0.231. The lowest BCUT2D eigenvalue weighted by Crippen LogP contribution is -2.55. The van der Waals surface area contributed by atoms with Crippen LogP contribution in [-0.4, -0.2) is 212 Å². The van der Waals surface area contributed by atoms with E-state index in [0.29, 0.717) is 78.2 Å². The van der Waals surface area contributed by atoms with Crippen LogP contribution in [0.3, 0.4) is 0 Å². The van der Waals surface area contributed by atoms with E-state index in [0.717, 1.165) is 128 Å². The number of anilines is 2. The number of benzene rings is 9. The summed E-state index contributed by atoms with van der Waals surface area (Å²) < 4.78 is 51.9. The quantitative estimate of drug-likeness (QED) is 0.0427. The summed E-state index contributed by atoms with van der Waals surface area (Å²) in [6.07, 6.45) is -10.9. The topological polar surface area (TPSA) is 407 Å². The van der Waals surface area contributed by atoms with Crippen molar-refractivity contribution in [3.63, 3.8) is 0 Å². The van der Waals surface area contributed by atoms with Crippen molar-refractivity contribution in [2.75, 3.05) is 38.4 Å². The largest absolute Gasteiger partial charge is 0.493 e. The molecule has 4 saturated heterocycles. The number of aromatic amines is 1. The maximum absolute atomic E-state index is 10.6. The minimum atomic E-state index is -1.39. The molecule has 16 N–H and O–H groups in total. The zero-order valence-corrected chi connectivity index (χ0v) is 69.9. The molecule has 1 aliphatic carbocycles. The zero-order valence-electron chi connectivity index (χ0n) is 68.4. The Labute approximate surface area is 727 Å². The molecule has 20 atom stereocenters. The number of nitrogens with one attached hydrogen (secondary N) is 2. The van der Waals surface area contributed by atoms with Crippen LogP contribution in [-0.2, 0) is 57.7 Å². The Morgan fingerprint density at radius 3 is 1.53 bits per heavy atom. The number of aryl methyl sites for hydroxylation is 1. The molecular weight excluding hydrogens is 1630 g/mol. The maximum atomic E-state index is 10.6. The third kappa shape index (κ3) is 19.1. The summed E-state index contributed by atoms with van der Waals surface area (Å²) in [7, 11) is 0. The van der Waals surface area contributed by atoms with Crippen LogP contribution in [0.5, 0.6) is 34.5 Å². The third-order valence-electron chi connectivity index (χ3n) is 24.9. The second-order valence-corrected chi connectivity index (χ2v) is 34.1. The van der Waals surface area contributed by atoms with Crippen LogP contribution in [0.25, 0.3) is 11.3 Å². The van der Waals surface area contributed by atoms with Crippen LogP contribution in [0.2, 0.25) is 10.0 Å². The van der Waals surface area contributed by atoms with E-state index < -0.39 is 135 Å². The van der Waals surface area contributed by atoms with Gasteiger partial charge in [0.2, 0.25) is 0 Å². The molecule has 1 aromatic heterocycles. The molecule has 656 valence electrons. The molecule has 0 radical (unpaired) electrons. The summed E-state index contributed by atoms with van der Waals surface area (Å²) in [5, 5.41) is 154. The fraction of sp³-hybridized carbons (Fsp3) is 0.406. The highest BCUT2D eigenvalue weighted by atomic mass is 35.5. The summed E-state index contributed by atoms with van der Waals surface area (Å²) in [4.78, 5) is 0. The van der Waals surface area contributed by atoms with Gasteiger partial charge in [0.15, 0.2) is 23.0 Å². The van der Waals surface area contributed by atoms with Crippen LogP contribution in [0.1, 0.15) is 160 Å². The number of aliphatic hydroxyl groups excluding tert-OH is 14. The van der Waals surface area contributed by atoms with Gasteiger partial charge < -0.3 is 119 Å². The second kappa shape index (κ2) is 39.0. The number of fused-ring (bicyclic) bond motifs is 7. The van der Waals surface area contributed by atoms with Gasteiger partial charge in [0.1, 0.15) is 141 Å². The van der Waals surface area contributed by atoms with Gasteiger partial charge in [-0.3, -0.25) is 5.10 Å². The fourth-order valence-corrected chi connectivity index (χ4v) is 18.0. The monoisotopic (exact) mass is 1740 g/mol. The number of hydrogen-bond acceptors (Lipinski definition) is 25. The highest BCUT2D eigenvalue weighted by molar-refractivity contribution is 6.31. The minimum Gasteiger partial charge on any atom is -0.493 e. The number of para-hydroxylation sites is 2. The molecule has 0 bridgehead atoms. The molecule has 26 nitrogen and oxygen atoms in total. The molecule has 9 aromatic carbocycles. The summed E-state index contributed by atoms with van der Waals surface area (Å²) in [6, 6.07) is 56.5. The third-order valence-corrected chi connectivity index (χ3v) is 25.6. The van der Waals surface area contributed by atoms with E-state index in [1.807, 2.05) is 116 Å². The van der Waals surface area contributed by atoms with Crippen molar-refractivity contribution in [3.8, 4) is 45.8 Å². The molecule has 5 fully saturated rings. The molecule has 28 heteroatoms. The van der Waals surface area contributed by atoms with Crippen molar-refractivity contribution >= 4 is 34.6 Å². The van der Waals surface area contributed by atoms with Crippen molar-refractivity contribution in [3.05, 3.63) is 276 Å². The van der Waals surface area contributed by atoms with Crippen LogP contribution in [0.4, 0.5) is 11.4 Å². The second-order valence-electron chi connectivity index (χ2n) is 33.3. The first-order chi connectivity index (χ1) is 60.0. The van der Waals surface area contributed by atoms with Gasteiger partial charge in [-0.05, 0) is 215 Å². The molecule has 19 rings (SSSR count). The molecule has 0 spiro atoms. The number of aromatic nitrogens is 2. The predicted molar refractivity (Wildman–Crippen MR) is 459 cm³/mol. The Kier molecular flexibility index (Phi) is 27.8. The van der Waals surface area contributed by atoms with Gasteiger partial charge in [-0.2, -0.15) is 5.10 Å². The van der Waals surface area contributed by atoms with E-state index in [9.17, 15) is 71.5 Å². The first kappa shape index (κ1) is 88.3. The average molecular weight is 1740 g/mol. The van der Waals surface area contributed by atoms with Gasteiger partial charge >= 0.3 is 0 Å². The van der Waals surface area contributed by atoms with E-state index in [1.54, 1.807) is 43.5 Å². The van der Waals surface area contributed by atoms with Crippen molar-refractivity contribution in [2.24, 2.45) is 0 Å². The standard InChI is InChI=1S/C26H32O6.C25H24ClNO5.C24H25ClN2O5.C21H24O7/c27-14-22-23(28)24(29)25(30)26(32-22)18-7-8-20(16-3-1-4-16)19(13-18)12-15-6-9-21-17(11-15)5-2-10-31-21;1-13-22(28)23(29)24(30)25(31-13)15-7-8-17(26)16(12-15)10-14-6-9-21-19(11-14)27-18-4-2-3-5-20(18)32-21;1-2-18-21(28)22(29)23(30)24(32-18)13-4-5-17(25)14(9-13)7-12-3-6-19-16(8-12)20-15(11-31-19)10-26-27-20;22-11-17-18(23)19(24)20(25)21(28-17)14-3-1-2-12(9-14)8-13-4-5-15-16(10-13)27-7-6-26-15/h6-9,11,13,16,22-30H,1-5,10,12,14H2;2-9,11-13,22-25,27-30H,10H2,1H3;3-6,8-10,18,21-24,28-30H,2,7,11H2,1H3,(H,26,27);1-5,9-10,17-25H,6-8,11H2/t22-,23-,24+,25-,26+;13-,22-,23+,24-,25+;18-,21-,22+,23-,24+;17-,18-,19+,20-,21+/m1111/s1. The Balaban J connectivity index is 0.000000122. The minimum absolute atomic E-state index is 0.425. The number of halogens is 2. The highest BCUT2D eigenvalue weighted by Gasteiger charge is 2.48. The molecule has 0 unspecified atom stereocenters. The summed E-state index contributed by atoms with van der Waals surface area (Å²) in [6.45, 7) is 5.02. The number of aliphatic hydroxyl groups is 14. The smallest absolute Gasteiger partial charge is 0.161 e. The number of ether oxygens (including phenoxy) is 9. The molecule has 8 aliphatic heterocycles. The Morgan fingerprint density at radius 2 is 0.903 bits per heavy atom.